The van der Waals surface area contributed by atoms with E-state index in [1.54, 1.807) is 0 Å². The van der Waals surface area contributed by atoms with E-state index in [1.807, 2.05) is 25.1 Å². The Hall–Kier alpha value is -2.75. The molecule has 0 atom stereocenters. The minimum Gasteiger partial charge on any atom is -0.494 e. The van der Waals surface area contributed by atoms with Gasteiger partial charge in [0.15, 0.2) is 0 Å². The maximum absolute atomic E-state index is 10.7. The van der Waals surface area contributed by atoms with E-state index >= 15 is 0 Å². The van der Waals surface area contributed by atoms with Crippen LogP contribution in [-0.4, -0.2) is 12.9 Å². The Morgan fingerprint density at radius 1 is 1.00 bits per heavy atom. The molecule has 0 aliphatic heterocycles. The molecule has 4 nitrogen and oxygen atoms in total. The Bertz CT molecular complexity index is 968. The molecule has 1 aromatic heterocycles. The van der Waals surface area contributed by atoms with Gasteiger partial charge in [0.2, 0.25) is 0 Å². The van der Waals surface area contributed by atoms with Crippen LogP contribution in [0.25, 0.3) is 11.0 Å². The van der Waals surface area contributed by atoms with Crippen molar-refractivity contribution in [3.63, 3.8) is 0 Å². The largest absolute Gasteiger partial charge is 0.494 e. The van der Waals surface area contributed by atoms with E-state index < -0.39 is 0 Å². The summed E-state index contributed by atoms with van der Waals surface area (Å²) in [5.41, 5.74) is 5.31. The number of hydrogen-bond acceptors (Lipinski definition) is 4. The van der Waals surface area contributed by atoms with E-state index in [-0.39, 0.29) is 0 Å². The minimum atomic E-state index is 0.405. The van der Waals surface area contributed by atoms with Gasteiger partial charge in [0, 0.05) is 23.8 Å². The number of carbonyl (C=O) groups is 1. The maximum Gasteiger partial charge on any atom is 0.141 e. The van der Waals surface area contributed by atoms with Gasteiger partial charge in [-0.25, -0.2) is 0 Å². The first-order valence-corrected chi connectivity index (χ1v) is 9.91. The SMILES string of the molecule is CCOc1cc(COc2ccc(CCC=O)c(C)c2C)c2oc(CC)cc2c1. The van der Waals surface area contributed by atoms with E-state index in [1.165, 1.54) is 11.1 Å². The second-order valence-electron chi connectivity index (χ2n) is 6.97. The van der Waals surface area contributed by atoms with Gasteiger partial charge in [0.1, 0.15) is 35.7 Å². The molecule has 3 aromatic rings. The van der Waals surface area contributed by atoms with E-state index in [4.69, 9.17) is 13.9 Å². The summed E-state index contributed by atoms with van der Waals surface area (Å²) >= 11 is 0. The molecule has 0 unspecified atom stereocenters. The summed E-state index contributed by atoms with van der Waals surface area (Å²) in [6, 6.07) is 10.1. The van der Waals surface area contributed by atoms with Gasteiger partial charge in [-0.1, -0.05) is 13.0 Å². The first-order chi connectivity index (χ1) is 13.6. The van der Waals surface area contributed by atoms with Crippen LogP contribution in [0.1, 0.15) is 48.3 Å². The predicted molar refractivity (Wildman–Crippen MR) is 111 cm³/mol. The Labute approximate surface area is 166 Å². The van der Waals surface area contributed by atoms with Crippen molar-refractivity contribution < 1.29 is 18.7 Å². The second kappa shape index (κ2) is 8.96. The molecule has 28 heavy (non-hydrogen) atoms. The smallest absolute Gasteiger partial charge is 0.141 e. The normalized spacial score (nSPS) is 11.0. The summed E-state index contributed by atoms with van der Waals surface area (Å²) in [4.78, 5) is 10.7. The summed E-state index contributed by atoms with van der Waals surface area (Å²) in [5, 5.41) is 1.04. The highest BCUT2D eigenvalue weighted by Crippen LogP contribution is 2.31. The average molecular weight is 380 g/mol. The molecule has 0 radical (unpaired) electrons. The molecule has 0 spiro atoms. The van der Waals surface area contributed by atoms with Gasteiger partial charge in [-0.2, -0.15) is 0 Å². The van der Waals surface area contributed by atoms with Crippen LogP contribution in [0.3, 0.4) is 0 Å². The van der Waals surface area contributed by atoms with Gasteiger partial charge in [-0.05, 0) is 68.1 Å². The Morgan fingerprint density at radius 2 is 1.82 bits per heavy atom. The molecule has 0 saturated heterocycles. The number of aryl methyl sites for hydroxylation is 2. The molecule has 148 valence electrons. The summed E-state index contributed by atoms with van der Waals surface area (Å²) in [6.45, 7) is 9.22. The topological polar surface area (TPSA) is 48.7 Å². The van der Waals surface area contributed by atoms with Crippen LogP contribution < -0.4 is 9.47 Å². The molecular weight excluding hydrogens is 352 g/mol. The zero-order valence-corrected chi connectivity index (χ0v) is 17.1. The predicted octanol–water partition coefficient (Wildman–Crippen LogP) is 5.72. The van der Waals surface area contributed by atoms with Gasteiger partial charge >= 0.3 is 0 Å². The van der Waals surface area contributed by atoms with Crippen LogP contribution in [0.4, 0.5) is 0 Å². The van der Waals surface area contributed by atoms with Gasteiger partial charge in [-0.3, -0.25) is 0 Å². The third-order valence-corrected chi connectivity index (χ3v) is 5.14. The number of furan rings is 1. The molecule has 0 fully saturated rings. The van der Waals surface area contributed by atoms with Crippen molar-refractivity contribution in [3.8, 4) is 11.5 Å². The first-order valence-electron chi connectivity index (χ1n) is 9.91. The lowest BCUT2D eigenvalue weighted by Gasteiger charge is -2.15. The zero-order chi connectivity index (χ0) is 20.1. The van der Waals surface area contributed by atoms with Crippen molar-refractivity contribution in [2.24, 2.45) is 0 Å². The van der Waals surface area contributed by atoms with Crippen LogP contribution in [0.15, 0.2) is 34.7 Å². The van der Waals surface area contributed by atoms with Crippen LogP contribution in [0.5, 0.6) is 11.5 Å². The molecule has 0 bridgehead atoms. The lowest BCUT2D eigenvalue weighted by Crippen LogP contribution is -2.02. The maximum atomic E-state index is 10.7. The fraction of sp³-hybridized carbons (Fsp3) is 0.375. The number of hydrogen-bond donors (Lipinski definition) is 0. The van der Waals surface area contributed by atoms with Crippen LogP contribution in [-0.2, 0) is 24.2 Å². The molecule has 0 saturated carbocycles. The molecule has 0 amide bonds. The first kappa shape index (κ1) is 20.0. The van der Waals surface area contributed by atoms with E-state index in [0.717, 1.165) is 58.5 Å². The van der Waals surface area contributed by atoms with Gasteiger partial charge < -0.3 is 18.7 Å². The minimum absolute atomic E-state index is 0.405. The Morgan fingerprint density at radius 3 is 2.54 bits per heavy atom. The number of aldehydes is 1. The molecule has 2 aromatic carbocycles. The quantitative estimate of drug-likeness (QED) is 0.445. The molecule has 0 aliphatic rings. The van der Waals surface area contributed by atoms with Crippen molar-refractivity contribution in [3.05, 3.63) is 58.3 Å². The highest BCUT2D eigenvalue weighted by Gasteiger charge is 2.13. The Kier molecular flexibility index (Phi) is 6.40. The number of ether oxygens (including phenoxy) is 2. The molecule has 1 heterocycles. The second-order valence-corrected chi connectivity index (χ2v) is 6.97. The highest BCUT2D eigenvalue weighted by molar-refractivity contribution is 5.83. The zero-order valence-electron chi connectivity index (χ0n) is 17.1. The van der Waals surface area contributed by atoms with Gasteiger partial charge in [0.25, 0.3) is 0 Å². The third-order valence-electron chi connectivity index (χ3n) is 5.14. The molecule has 0 N–H and O–H groups in total. The van der Waals surface area contributed by atoms with Gasteiger partial charge in [-0.15, -0.1) is 0 Å². The molecule has 4 heteroatoms. The number of benzene rings is 2. The molecular formula is C24H28O4. The molecule has 0 aliphatic carbocycles. The van der Waals surface area contributed by atoms with Crippen molar-refractivity contribution >= 4 is 17.3 Å². The fourth-order valence-corrected chi connectivity index (χ4v) is 3.43. The Balaban J connectivity index is 1.87. The fourth-order valence-electron chi connectivity index (χ4n) is 3.43. The number of fused-ring (bicyclic) bond motifs is 1. The lowest BCUT2D eigenvalue weighted by molar-refractivity contribution is -0.107. The van der Waals surface area contributed by atoms with Gasteiger partial charge in [0.05, 0.1) is 6.61 Å². The third kappa shape index (κ3) is 4.22. The van der Waals surface area contributed by atoms with Crippen molar-refractivity contribution in [2.45, 2.75) is 53.6 Å². The van der Waals surface area contributed by atoms with E-state index in [2.05, 4.69) is 32.9 Å². The van der Waals surface area contributed by atoms with Crippen molar-refractivity contribution in [1.82, 2.24) is 0 Å². The van der Waals surface area contributed by atoms with Crippen LogP contribution >= 0.6 is 0 Å². The van der Waals surface area contributed by atoms with Crippen LogP contribution in [0, 0.1) is 13.8 Å². The summed E-state index contributed by atoms with van der Waals surface area (Å²) < 4.78 is 17.9. The summed E-state index contributed by atoms with van der Waals surface area (Å²) in [6.07, 6.45) is 3.11. The highest BCUT2D eigenvalue weighted by atomic mass is 16.5. The lowest BCUT2D eigenvalue weighted by atomic mass is 9.99. The molecule has 3 rings (SSSR count). The number of carbonyl (C=O) groups excluding carboxylic acids is 1. The van der Waals surface area contributed by atoms with Crippen molar-refractivity contribution in [2.75, 3.05) is 6.61 Å². The summed E-state index contributed by atoms with van der Waals surface area (Å²) in [7, 11) is 0. The van der Waals surface area contributed by atoms with E-state index in [0.29, 0.717) is 19.6 Å². The van der Waals surface area contributed by atoms with Crippen LogP contribution in [0.2, 0.25) is 0 Å². The van der Waals surface area contributed by atoms with Crippen molar-refractivity contribution in [1.29, 1.82) is 0 Å². The number of rotatable bonds is 9. The van der Waals surface area contributed by atoms with E-state index in [9.17, 15) is 4.79 Å². The monoisotopic (exact) mass is 380 g/mol. The summed E-state index contributed by atoms with van der Waals surface area (Å²) in [5.74, 6) is 2.63. The standard InChI is InChI=1S/C24H28O4/c1-5-21-12-19-13-22(26-6-2)14-20(24(19)28-21)15-27-23-10-9-18(8-7-11-25)16(3)17(23)4/h9-14H,5-8,15H2,1-4H3. The average Bonchev–Trinajstić information content (AvgIpc) is 3.12.